The van der Waals surface area contributed by atoms with Crippen molar-refractivity contribution in [3.63, 3.8) is 0 Å². The number of hydrogen-bond acceptors (Lipinski definition) is 5. The molecule has 0 radical (unpaired) electrons. The maximum atomic E-state index is 12.3. The van der Waals surface area contributed by atoms with Gasteiger partial charge in [-0.2, -0.15) is 0 Å². The summed E-state index contributed by atoms with van der Waals surface area (Å²) in [5.41, 5.74) is 1.67. The quantitative estimate of drug-likeness (QED) is 0.581. The molecule has 3 aromatic carbocycles. The fraction of sp³-hybridized carbons (Fsp3) is 0.0952. The van der Waals surface area contributed by atoms with Gasteiger partial charge < -0.3 is 9.15 Å². The van der Waals surface area contributed by atoms with E-state index in [9.17, 15) is 4.79 Å². The van der Waals surface area contributed by atoms with Crippen LogP contribution in [0.5, 0.6) is 5.75 Å². The summed E-state index contributed by atoms with van der Waals surface area (Å²) >= 11 is 0. The third kappa shape index (κ3) is 3.79. The molecule has 0 saturated carbocycles. The lowest BCUT2D eigenvalue weighted by molar-refractivity contribution is -0.115. The van der Waals surface area contributed by atoms with Crippen LogP contribution in [0.25, 0.3) is 22.2 Å². The number of nitrogens with one attached hydrogen (secondary N) is 1. The van der Waals surface area contributed by atoms with Crippen molar-refractivity contribution in [2.75, 3.05) is 12.4 Å². The van der Waals surface area contributed by atoms with Gasteiger partial charge in [-0.25, -0.2) is 0 Å². The van der Waals surface area contributed by atoms with Gasteiger partial charge in [-0.05, 0) is 40.6 Å². The predicted octanol–water partition coefficient (Wildman–Crippen LogP) is 4.08. The molecule has 1 heterocycles. The topological polar surface area (TPSA) is 77.3 Å². The van der Waals surface area contributed by atoms with E-state index in [1.165, 1.54) is 0 Å². The molecule has 6 heteroatoms. The van der Waals surface area contributed by atoms with E-state index in [1.54, 1.807) is 19.2 Å². The lowest BCUT2D eigenvalue weighted by atomic mass is 10.1. The summed E-state index contributed by atoms with van der Waals surface area (Å²) in [7, 11) is 1.60. The molecule has 0 spiro atoms. The number of methoxy groups -OCH3 is 1. The molecule has 0 aliphatic rings. The number of benzene rings is 3. The summed E-state index contributed by atoms with van der Waals surface area (Å²) in [6.07, 6.45) is 0.227. The minimum absolute atomic E-state index is 0.0756. The van der Waals surface area contributed by atoms with Gasteiger partial charge in [0.05, 0.1) is 13.5 Å². The van der Waals surface area contributed by atoms with Gasteiger partial charge in [-0.3, -0.25) is 10.1 Å². The second-order valence-electron chi connectivity index (χ2n) is 6.05. The van der Waals surface area contributed by atoms with Gasteiger partial charge in [-0.1, -0.05) is 47.6 Å². The Bertz CT molecular complexity index is 1090. The molecule has 4 aromatic rings. The molecular formula is C21H17N3O3. The molecule has 0 unspecified atom stereocenters. The highest BCUT2D eigenvalue weighted by atomic mass is 16.5. The summed E-state index contributed by atoms with van der Waals surface area (Å²) in [5.74, 6) is 0.857. The molecule has 0 saturated heterocycles. The van der Waals surface area contributed by atoms with Crippen molar-refractivity contribution >= 4 is 22.7 Å². The zero-order valence-electron chi connectivity index (χ0n) is 14.7. The number of anilines is 1. The maximum Gasteiger partial charge on any atom is 0.322 e. The highest BCUT2D eigenvalue weighted by Gasteiger charge is 2.12. The summed E-state index contributed by atoms with van der Waals surface area (Å²) < 4.78 is 10.6. The summed E-state index contributed by atoms with van der Waals surface area (Å²) in [6, 6.07) is 21.3. The number of carbonyl (C=O) groups is 1. The lowest BCUT2D eigenvalue weighted by Crippen LogP contribution is -2.14. The Labute approximate surface area is 155 Å². The second kappa shape index (κ2) is 7.29. The number of aromatic nitrogens is 2. The van der Waals surface area contributed by atoms with E-state index in [2.05, 4.69) is 15.5 Å². The molecule has 1 amide bonds. The van der Waals surface area contributed by atoms with Gasteiger partial charge in [0.1, 0.15) is 5.75 Å². The van der Waals surface area contributed by atoms with Gasteiger partial charge in [0.2, 0.25) is 11.8 Å². The average molecular weight is 359 g/mol. The van der Waals surface area contributed by atoms with E-state index in [1.807, 2.05) is 54.6 Å². The minimum atomic E-state index is -0.213. The highest BCUT2D eigenvalue weighted by molar-refractivity contribution is 5.91. The van der Waals surface area contributed by atoms with Crippen molar-refractivity contribution in [1.82, 2.24) is 10.2 Å². The Morgan fingerprint density at radius 3 is 2.56 bits per heavy atom. The van der Waals surface area contributed by atoms with Crippen LogP contribution in [0.1, 0.15) is 5.56 Å². The molecule has 134 valence electrons. The highest BCUT2D eigenvalue weighted by Crippen LogP contribution is 2.22. The molecule has 6 nitrogen and oxygen atoms in total. The average Bonchev–Trinajstić information content (AvgIpc) is 3.16. The van der Waals surface area contributed by atoms with E-state index in [4.69, 9.17) is 9.15 Å². The zero-order chi connectivity index (χ0) is 18.6. The molecular weight excluding hydrogens is 342 g/mol. The van der Waals surface area contributed by atoms with Crippen LogP contribution in [-0.4, -0.2) is 23.2 Å². The molecule has 4 rings (SSSR count). The van der Waals surface area contributed by atoms with Crippen LogP contribution in [-0.2, 0) is 11.2 Å². The Kier molecular flexibility index (Phi) is 4.53. The number of carbonyl (C=O) groups excluding carboxylic acids is 1. The first-order valence-corrected chi connectivity index (χ1v) is 8.47. The third-order valence-corrected chi connectivity index (χ3v) is 4.19. The maximum absolute atomic E-state index is 12.3. The number of fused-ring (bicyclic) bond motifs is 1. The number of ether oxygens (including phenoxy) is 1. The summed E-state index contributed by atoms with van der Waals surface area (Å²) in [6.45, 7) is 0. The summed E-state index contributed by atoms with van der Waals surface area (Å²) in [5, 5.41) is 12.7. The van der Waals surface area contributed by atoms with Crippen molar-refractivity contribution < 1.29 is 13.9 Å². The summed E-state index contributed by atoms with van der Waals surface area (Å²) in [4.78, 5) is 12.3. The molecule has 1 aromatic heterocycles. The molecule has 0 aliphatic carbocycles. The van der Waals surface area contributed by atoms with Crippen LogP contribution in [0.15, 0.2) is 71.1 Å². The number of nitrogens with zero attached hydrogens (tertiary/aromatic N) is 2. The van der Waals surface area contributed by atoms with Gasteiger partial charge >= 0.3 is 6.01 Å². The minimum Gasteiger partial charge on any atom is -0.497 e. The number of amides is 1. The Morgan fingerprint density at radius 1 is 1.00 bits per heavy atom. The van der Waals surface area contributed by atoms with Gasteiger partial charge in [-0.15, -0.1) is 5.10 Å². The third-order valence-electron chi connectivity index (χ3n) is 4.19. The van der Waals surface area contributed by atoms with Crippen LogP contribution in [0.2, 0.25) is 0 Å². The molecule has 0 bridgehead atoms. The first-order chi connectivity index (χ1) is 13.2. The zero-order valence-corrected chi connectivity index (χ0v) is 14.7. The van der Waals surface area contributed by atoms with E-state index >= 15 is 0 Å². The van der Waals surface area contributed by atoms with Crippen molar-refractivity contribution in [3.8, 4) is 17.2 Å². The van der Waals surface area contributed by atoms with Crippen LogP contribution < -0.4 is 10.1 Å². The van der Waals surface area contributed by atoms with Gasteiger partial charge in [0, 0.05) is 5.56 Å². The van der Waals surface area contributed by atoms with Crippen molar-refractivity contribution in [1.29, 1.82) is 0 Å². The number of hydrogen-bond donors (Lipinski definition) is 1. The Hall–Kier alpha value is -3.67. The van der Waals surface area contributed by atoms with Crippen LogP contribution in [0, 0.1) is 0 Å². The number of rotatable bonds is 5. The van der Waals surface area contributed by atoms with Crippen molar-refractivity contribution in [3.05, 3.63) is 72.3 Å². The van der Waals surface area contributed by atoms with Crippen LogP contribution >= 0.6 is 0 Å². The molecule has 0 aliphatic heterocycles. The molecule has 0 fully saturated rings. The standard InChI is InChI=1S/C21H17N3O3/c1-26-18-10-8-16(9-11-18)20-23-24-21(27-20)22-19(25)13-14-6-7-15-4-2-3-5-17(15)12-14/h2-12H,13H2,1H3,(H,22,24,25). The lowest BCUT2D eigenvalue weighted by Gasteiger charge is -2.03. The van der Waals surface area contributed by atoms with Crippen molar-refractivity contribution in [2.24, 2.45) is 0 Å². The van der Waals surface area contributed by atoms with Crippen molar-refractivity contribution in [2.45, 2.75) is 6.42 Å². The SMILES string of the molecule is COc1ccc(-c2nnc(NC(=O)Cc3ccc4ccccc4c3)o2)cc1. The van der Waals surface area contributed by atoms with Gasteiger partial charge in [0.15, 0.2) is 0 Å². The molecule has 0 atom stereocenters. The van der Waals surface area contributed by atoms with E-state index in [0.29, 0.717) is 5.89 Å². The monoisotopic (exact) mass is 359 g/mol. The van der Waals surface area contributed by atoms with Crippen LogP contribution in [0.4, 0.5) is 6.01 Å². The van der Waals surface area contributed by atoms with Gasteiger partial charge in [0.25, 0.3) is 0 Å². The van der Waals surface area contributed by atoms with E-state index in [0.717, 1.165) is 27.6 Å². The predicted molar refractivity (Wildman–Crippen MR) is 103 cm³/mol. The van der Waals surface area contributed by atoms with E-state index in [-0.39, 0.29) is 18.3 Å². The van der Waals surface area contributed by atoms with Crippen LogP contribution in [0.3, 0.4) is 0 Å². The first kappa shape index (κ1) is 16.8. The van der Waals surface area contributed by atoms with E-state index < -0.39 is 0 Å². The Balaban J connectivity index is 1.43. The first-order valence-electron chi connectivity index (χ1n) is 8.47. The molecule has 27 heavy (non-hydrogen) atoms. The fourth-order valence-corrected chi connectivity index (χ4v) is 2.82. The second-order valence-corrected chi connectivity index (χ2v) is 6.05. The molecule has 1 N–H and O–H groups in total. The normalized spacial score (nSPS) is 10.7. The Morgan fingerprint density at radius 2 is 1.78 bits per heavy atom. The smallest absolute Gasteiger partial charge is 0.322 e. The largest absolute Gasteiger partial charge is 0.497 e. The fourth-order valence-electron chi connectivity index (χ4n) is 2.82.